The quantitative estimate of drug-likeness (QED) is 0.800. The predicted octanol–water partition coefficient (Wildman–Crippen LogP) is 1.75. The summed E-state index contributed by atoms with van der Waals surface area (Å²) < 4.78 is 27.5. The van der Waals surface area contributed by atoms with Gasteiger partial charge in [0.25, 0.3) is 10.0 Å². The van der Waals surface area contributed by atoms with Gasteiger partial charge in [-0.15, -0.1) is 11.3 Å². The lowest BCUT2D eigenvalue weighted by molar-refractivity contribution is -0.128. The number of sulfonamides is 1. The van der Waals surface area contributed by atoms with Crippen LogP contribution in [0.25, 0.3) is 0 Å². The van der Waals surface area contributed by atoms with Crippen molar-refractivity contribution in [2.45, 2.75) is 17.6 Å². The molecule has 19 heavy (non-hydrogen) atoms. The molecule has 1 aromatic rings. The van der Waals surface area contributed by atoms with Gasteiger partial charge in [-0.2, -0.15) is 4.31 Å². The van der Waals surface area contributed by atoms with E-state index in [2.05, 4.69) is 15.9 Å². The van der Waals surface area contributed by atoms with Gasteiger partial charge in [-0.1, -0.05) is 0 Å². The van der Waals surface area contributed by atoms with Crippen molar-refractivity contribution in [1.82, 2.24) is 9.21 Å². The minimum atomic E-state index is -3.43. The maximum atomic E-state index is 12.4. The lowest BCUT2D eigenvalue weighted by Crippen LogP contribution is -2.36. The summed E-state index contributed by atoms with van der Waals surface area (Å²) in [7, 11) is -3.43. The molecule has 8 heteroatoms. The fourth-order valence-electron chi connectivity index (χ4n) is 2.01. The average Bonchev–Trinajstić information content (AvgIpc) is 2.65. The second kappa shape index (κ2) is 5.90. The van der Waals surface area contributed by atoms with Gasteiger partial charge >= 0.3 is 0 Å². The summed E-state index contributed by atoms with van der Waals surface area (Å²) in [5, 5.41) is 1.76. The highest BCUT2D eigenvalue weighted by molar-refractivity contribution is 9.10. The van der Waals surface area contributed by atoms with Crippen LogP contribution in [0.3, 0.4) is 0 Å². The van der Waals surface area contributed by atoms with Crippen molar-refractivity contribution in [3.05, 3.63) is 15.9 Å². The molecular weight excluding hydrogens is 352 g/mol. The molecule has 1 aromatic heterocycles. The van der Waals surface area contributed by atoms with Gasteiger partial charge in [0.05, 0.1) is 0 Å². The molecule has 0 aliphatic carbocycles. The summed E-state index contributed by atoms with van der Waals surface area (Å²) in [5.74, 6) is -0.00174. The monoisotopic (exact) mass is 366 g/mol. The van der Waals surface area contributed by atoms with Gasteiger partial charge in [0, 0.05) is 43.0 Å². The molecule has 0 saturated carbocycles. The maximum absolute atomic E-state index is 12.4. The number of halogens is 1. The maximum Gasteiger partial charge on any atom is 0.252 e. The van der Waals surface area contributed by atoms with E-state index in [1.54, 1.807) is 16.3 Å². The Morgan fingerprint density at radius 2 is 2.05 bits per heavy atom. The van der Waals surface area contributed by atoms with Gasteiger partial charge in [0.1, 0.15) is 4.21 Å². The molecule has 0 unspecified atom stereocenters. The zero-order valence-corrected chi connectivity index (χ0v) is 13.7. The van der Waals surface area contributed by atoms with Gasteiger partial charge in [0.2, 0.25) is 5.91 Å². The molecule has 2 rings (SSSR count). The fourth-order valence-corrected chi connectivity index (χ4v) is 5.48. The fraction of sp³-hybridized carbons (Fsp3) is 0.545. The molecular formula is C11H15BrN2O3S2. The third-order valence-corrected chi connectivity index (χ3v) is 7.11. The first-order valence-corrected chi connectivity index (χ1v) is 9.02. The van der Waals surface area contributed by atoms with E-state index < -0.39 is 10.0 Å². The van der Waals surface area contributed by atoms with Crippen molar-refractivity contribution in [2.75, 3.05) is 26.2 Å². The van der Waals surface area contributed by atoms with Crippen molar-refractivity contribution in [3.63, 3.8) is 0 Å². The first-order valence-electron chi connectivity index (χ1n) is 5.91. The van der Waals surface area contributed by atoms with E-state index in [-0.39, 0.29) is 5.91 Å². The van der Waals surface area contributed by atoms with Crippen molar-refractivity contribution in [2.24, 2.45) is 0 Å². The highest BCUT2D eigenvalue weighted by Crippen LogP contribution is 2.27. The molecule has 0 atom stereocenters. The first-order chi connectivity index (χ1) is 8.91. The molecule has 106 valence electrons. The smallest absolute Gasteiger partial charge is 0.252 e. The van der Waals surface area contributed by atoms with Crippen LogP contribution >= 0.6 is 27.3 Å². The highest BCUT2D eigenvalue weighted by atomic mass is 79.9. The standard InChI is InChI=1S/C11H15BrN2O3S2/c1-9(15)13-3-2-4-14(6-5-13)19(16,17)11-7-10(12)8-18-11/h7-8H,2-6H2,1H3. The van der Waals surface area contributed by atoms with E-state index in [1.165, 1.54) is 22.6 Å². The van der Waals surface area contributed by atoms with Crippen LogP contribution in [-0.2, 0) is 14.8 Å². The molecule has 0 radical (unpaired) electrons. The number of amides is 1. The lowest BCUT2D eigenvalue weighted by Gasteiger charge is -2.20. The number of carbonyl (C=O) groups is 1. The van der Waals surface area contributed by atoms with Crippen LogP contribution in [0.1, 0.15) is 13.3 Å². The summed E-state index contributed by atoms with van der Waals surface area (Å²) in [5.41, 5.74) is 0. The van der Waals surface area contributed by atoms with E-state index >= 15 is 0 Å². The Kier molecular flexibility index (Phi) is 4.65. The first kappa shape index (κ1) is 15.0. The number of thiophene rings is 1. The Morgan fingerprint density at radius 3 is 2.63 bits per heavy atom. The minimum Gasteiger partial charge on any atom is -0.342 e. The average molecular weight is 367 g/mol. The number of carbonyl (C=O) groups excluding carboxylic acids is 1. The van der Waals surface area contributed by atoms with Crippen LogP contribution in [0.5, 0.6) is 0 Å². The summed E-state index contributed by atoms with van der Waals surface area (Å²) in [4.78, 5) is 13.0. The normalized spacial score (nSPS) is 18.3. The molecule has 1 saturated heterocycles. The third-order valence-electron chi connectivity index (χ3n) is 3.04. The van der Waals surface area contributed by atoms with Gasteiger partial charge in [-0.3, -0.25) is 4.79 Å². The van der Waals surface area contributed by atoms with E-state index in [9.17, 15) is 13.2 Å². The van der Waals surface area contributed by atoms with Crippen LogP contribution in [-0.4, -0.2) is 49.7 Å². The molecule has 1 aliphatic heterocycles. The Labute approximate surface area is 125 Å². The molecule has 2 heterocycles. The van der Waals surface area contributed by atoms with Gasteiger partial charge in [-0.05, 0) is 28.4 Å². The minimum absolute atomic E-state index is 0.00174. The molecule has 1 fully saturated rings. The van der Waals surface area contributed by atoms with Crippen LogP contribution < -0.4 is 0 Å². The molecule has 5 nitrogen and oxygen atoms in total. The summed E-state index contributed by atoms with van der Waals surface area (Å²) in [6.07, 6.45) is 0.672. The van der Waals surface area contributed by atoms with Gasteiger partial charge < -0.3 is 4.90 Å². The van der Waals surface area contributed by atoms with E-state index in [1.807, 2.05) is 0 Å². The second-order valence-corrected chi connectivity index (χ2v) is 8.34. The van der Waals surface area contributed by atoms with Gasteiger partial charge in [0.15, 0.2) is 0 Å². The van der Waals surface area contributed by atoms with Crippen molar-refractivity contribution in [3.8, 4) is 0 Å². The third kappa shape index (κ3) is 3.36. The van der Waals surface area contributed by atoms with Crippen LogP contribution in [0.4, 0.5) is 0 Å². The number of hydrogen-bond donors (Lipinski definition) is 0. The zero-order valence-electron chi connectivity index (χ0n) is 10.5. The molecule has 0 spiro atoms. The Balaban J connectivity index is 2.16. The van der Waals surface area contributed by atoms with E-state index in [0.717, 1.165) is 4.47 Å². The molecule has 1 amide bonds. The Bertz CT molecular complexity index is 570. The number of hydrogen-bond acceptors (Lipinski definition) is 4. The number of nitrogens with zero attached hydrogens (tertiary/aromatic N) is 2. The summed E-state index contributed by atoms with van der Waals surface area (Å²) in [6.45, 7) is 3.41. The van der Waals surface area contributed by atoms with Crippen LogP contribution in [0.2, 0.25) is 0 Å². The lowest BCUT2D eigenvalue weighted by atomic mass is 10.4. The van der Waals surface area contributed by atoms with Crippen molar-refractivity contribution in [1.29, 1.82) is 0 Å². The van der Waals surface area contributed by atoms with E-state index in [0.29, 0.717) is 36.8 Å². The highest BCUT2D eigenvalue weighted by Gasteiger charge is 2.28. The number of rotatable bonds is 2. The van der Waals surface area contributed by atoms with Crippen LogP contribution in [0.15, 0.2) is 20.1 Å². The molecule has 1 aliphatic rings. The van der Waals surface area contributed by atoms with Crippen molar-refractivity contribution < 1.29 is 13.2 Å². The Hall–Kier alpha value is -0.440. The largest absolute Gasteiger partial charge is 0.342 e. The SMILES string of the molecule is CC(=O)N1CCCN(S(=O)(=O)c2cc(Br)cs2)CC1. The van der Waals surface area contributed by atoms with E-state index in [4.69, 9.17) is 0 Å². The predicted molar refractivity (Wildman–Crippen MR) is 77.6 cm³/mol. The topological polar surface area (TPSA) is 57.7 Å². The molecule has 0 bridgehead atoms. The summed E-state index contributed by atoms with van der Waals surface area (Å²) in [6, 6.07) is 1.62. The van der Waals surface area contributed by atoms with Crippen LogP contribution in [0, 0.1) is 0 Å². The van der Waals surface area contributed by atoms with Gasteiger partial charge in [-0.25, -0.2) is 8.42 Å². The Morgan fingerprint density at radius 1 is 1.32 bits per heavy atom. The second-order valence-electron chi connectivity index (χ2n) is 4.35. The molecule has 0 aromatic carbocycles. The zero-order chi connectivity index (χ0) is 14.0. The van der Waals surface area contributed by atoms with Crippen molar-refractivity contribution >= 4 is 43.2 Å². The molecule has 0 N–H and O–H groups in total. The summed E-state index contributed by atoms with van der Waals surface area (Å²) >= 11 is 4.47.